The van der Waals surface area contributed by atoms with Gasteiger partial charge in [-0.3, -0.25) is 0 Å². The summed E-state index contributed by atoms with van der Waals surface area (Å²) in [6, 6.07) is 8.51. The van der Waals surface area contributed by atoms with Crippen LogP contribution in [-0.4, -0.2) is 18.1 Å². The topological polar surface area (TPSA) is 42.1 Å². The zero-order chi connectivity index (χ0) is 14.1. The lowest BCUT2D eigenvalue weighted by Crippen LogP contribution is -2.02. The molecule has 1 aromatic carbocycles. The standard InChI is InChI=1S/C16H16FNO2/c1-20-16(19)15-9-13-11(4-7-14(13)18-15)8-10-2-5-12(17)6-3-10/h2-3,5-6,9,11,18H,4,7-8H2,1H3. The summed E-state index contributed by atoms with van der Waals surface area (Å²) < 4.78 is 17.6. The van der Waals surface area contributed by atoms with E-state index in [1.165, 1.54) is 24.8 Å². The SMILES string of the molecule is COC(=O)c1cc2c([nH]1)CCC2Cc1ccc(F)cc1. The summed E-state index contributed by atoms with van der Waals surface area (Å²) in [4.78, 5) is 14.7. The Hall–Kier alpha value is -2.10. The van der Waals surface area contributed by atoms with Gasteiger partial charge in [-0.05, 0) is 54.5 Å². The summed E-state index contributed by atoms with van der Waals surface area (Å²) in [5, 5.41) is 0. The molecule has 0 bridgehead atoms. The Morgan fingerprint density at radius 2 is 2.15 bits per heavy atom. The third-order valence-corrected chi connectivity index (χ3v) is 3.92. The lowest BCUT2D eigenvalue weighted by atomic mass is 9.94. The predicted molar refractivity (Wildman–Crippen MR) is 73.3 cm³/mol. The van der Waals surface area contributed by atoms with E-state index in [0.717, 1.165) is 30.5 Å². The molecule has 20 heavy (non-hydrogen) atoms. The summed E-state index contributed by atoms with van der Waals surface area (Å²) in [5.74, 6) is -0.166. The van der Waals surface area contributed by atoms with Crippen LogP contribution in [0.25, 0.3) is 0 Å². The first-order valence-electron chi connectivity index (χ1n) is 6.72. The maximum Gasteiger partial charge on any atom is 0.354 e. The number of methoxy groups -OCH3 is 1. The van der Waals surface area contributed by atoms with E-state index >= 15 is 0 Å². The maximum atomic E-state index is 12.9. The van der Waals surface area contributed by atoms with Crippen molar-refractivity contribution < 1.29 is 13.9 Å². The number of aryl methyl sites for hydroxylation is 1. The Balaban J connectivity index is 1.80. The number of aromatic amines is 1. The fourth-order valence-corrected chi connectivity index (χ4v) is 2.90. The Morgan fingerprint density at radius 3 is 2.85 bits per heavy atom. The number of esters is 1. The fraction of sp³-hybridized carbons (Fsp3) is 0.312. The molecule has 3 rings (SSSR count). The Labute approximate surface area is 116 Å². The number of aromatic nitrogens is 1. The molecule has 0 amide bonds. The molecule has 0 radical (unpaired) electrons. The molecule has 3 nitrogen and oxygen atoms in total. The van der Waals surface area contributed by atoms with Gasteiger partial charge in [-0.2, -0.15) is 0 Å². The number of hydrogen-bond donors (Lipinski definition) is 1. The van der Waals surface area contributed by atoms with Crippen LogP contribution >= 0.6 is 0 Å². The highest BCUT2D eigenvalue weighted by Crippen LogP contribution is 2.36. The maximum absolute atomic E-state index is 12.9. The number of carbonyl (C=O) groups excluding carboxylic acids is 1. The number of fused-ring (bicyclic) bond motifs is 1. The van der Waals surface area contributed by atoms with Crippen LogP contribution in [0.15, 0.2) is 30.3 Å². The second-order valence-corrected chi connectivity index (χ2v) is 5.17. The number of H-pyrrole nitrogens is 1. The second-order valence-electron chi connectivity index (χ2n) is 5.17. The van der Waals surface area contributed by atoms with E-state index < -0.39 is 0 Å². The number of benzene rings is 1. The van der Waals surface area contributed by atoms with Crippen LogP contribution in [0.3, 0.4) is 0 Å². The molecule has 0 saturated carbocycles. The van der Waals surface area contributed by atoms with Crippen molar-refractivity contribution in [3.05, 3.63) is 58.7 Å². The number of halogens is 1. The quantitative estimate of drug-likeness (QED) is 0.872. The smallest absolute Gasteiger partial charge is 0.354 e. The first-order valence-corrected chi connectivity index (χ1v) is 6.72. The van der Waals surface area contributed by atoms with Gasteiger partial charge < -0.3 is 9.72 Å². The highest BCUT2D eigenvalue weighted by molar-refractivity contribution is 5.88. The van der Waals surface area contributed by atoms with Crippen molar-refractivity contribution in [2.24, 2.45) is 0 Å². The molecular weight excluding hydrogens is 257 g/mol. The molecule has 4 heteroatoms. The van der Waals surface area contributed by atoms with Crippen molar-refractivity contribution in [3.8, 4) is 0 Å². The number of rotatable bonds is 3. The van der Waals surface area contributed by atoms with Gasteiger partial charge in [0.25, 0.3) is 0 Å². The van der Waals surface area contributed by atoms with Crippen molar-refractivity contribution in [3.63, 3.8) is 0 Å². The van der Waals surface area contributed by atoms with Crippen LogP contribution < -0.4 is 0 Å². The number of ether oxygens (including phenoxy) is 1. The van der Waals surface area contributed by atoms with Crippen LogP contribution in [-0.2, 0) is 17.6 Å². The van der Waals surface area contributed by atoms with Crippen LogP contribution in [0.2, 0.25) is 0 Å². The molecule has 1 atom stereocenters. The summed E-state index contributed by atoms with van der Waals surface area (Å²) in [5.41, 5.74) is 3.94. The Bertz CT molecular complexity index is 630. The first-order chi connectivity index (χ1) is 9.67. The van der Waals surface area contributed by atoms with Crippen molar-refractivity contribution in [2.45, 2.75) is 25.2 Å². The Morgan fingerprint density at radius 1 is 1.40 bits per heavy atom. The lowest BCUT2D eigenvalue weighted by Gasteiger charge is -2.10. The molecule has 0 fully saturated rings. The van der Waals surface area contributed by atoms with E-state index in [2.05, 4.69) is 4.98 Å². The molecule has 0 aliphatic heterocycles. The summed E-state index contributed by atoms with van der Waals surface area (Å²) >= 11 is 0. The van der Waals surface area contributed by atoms with Crippen molar-refractivity contribution in [1.29, 1.82) is 0 Å². The van der Waals surface area contributed by atoms with E-state index in [9.17, 15) is 9.18 Å². The molecule has 1 unspecified atom stereocenters. The van der Waals surface area contributed by atoms with Crippen molar-refractivity contribution in [1.82, 2.24) is 4.98 Å². The van der Waals surface area contributed by atoms with Gasteiger partial charge in [0.2, 0.25) is 0 Å². The van der Waals surface area contributed by atoms with E-state index in [4.69, 9.17) is 4.74 Å². The van der Waals surface area contributed by atoms with Gasteiger partial charge in [0.15, 0.2) is 0 Å². The third-order valence-electron chi connectivity index (χ3n) is 3.92. The first kappa shape index (κ1) is 12.9. The minimum absolute atomic E-state index is 0.213. The highest BCUT2D eigenvalue weighted by Gasteiger charge is 2.26. The molecule has 2 aromatic rings. The molecule has 1 aliphatic rings. The molecule has 104 valence electrons. The van der Waals surface area contributed by atoms with E-state index in [0.29, 0.717) is 11.6 Å². The number of carbonyl (C=O) groups is 1. The van der Waals surface area contributed by atoms with E-state index in [1.807, 2.05) is 18.2 Å². The largest absolute Gasteiger partial charge is 0.464 e. The van der Waals surface area contributed by atoms with Gasteiger partial charge >= 0.3 is 5.97 Å². The number of nitrogens with one attached hydrogen (secondary N) is 1. The predicted octanol–water partition coefficient (Wildman–Crippen LogP) is 3.21. The van der Waals surface area contributed by atoms with Gasteiger partial charge in [0.1, 0.15) is 11.5 Å². The van der Waals surface area contributed by atoms with Gasteiger partial charge in [-0.25, -0.2) is 9.18 Å². The van der Waals surface area contributed by atoms with Crippen LogP contribution in [0.4, 0.5) is 4.39 Å². The molecule has 1 aromatic heterocycles. The monoisotopic (exact) mass is 273 g/mol. The Kier molecular flexibility index (Phi) is 3.30. The van der Waals surface area contributed by atoms with Gasteiger partial charge in [-0.15, -0.1) is 0 Å². The van der Waals surface area contributed by atoms with Gasteiger partial charge in [-0.1, -0.05) is 12.1 Å². The zero-order valence-corrected chi connectivity index (χ0v) is 11.3. The van der Waals surface area contributed by atoms with E-state index in [1.54, 1.807) is 0 Å². The highest BCUT2D eigenvalue weighted by atomic mass is 19.1. The van der Waals surface area contributed by atoms with Crippen LogP contribution in [0.5, 0.6) is 0 Å². The molecular formula is C16H16FNO2. The van der Waals surface area contributed by atoms with Crippen molar-refractivity contribution >= 4 is 5.97 Å². The summed E-state index contributed by atoms with van der Waals surface area (Å²) in [7, 11) is 1.38. The van der Waals surface area contributed by atoms with Crippen molar-refractivity contribution in [2.75, 3.05) is 7.11 Å². The number of hydrogen-bond acceptors (Lipinski definition) is 2. The van der Waals surface area contributed by atoms with Gasteiger partial charge in [0, 0.05) is 5.69 Å². The average molecular weight is 273 g/mol. The molecule has 0 saturated heterocycles. The molecule has 1 aliphatic carbocycles. The normalized spacial score (nSPS) is 17.0. The summed E-state index contributed by atoms with van der Waals surface area (Å²) in [6.45, 7) is 0. The summed E-state index contributed by atoms with van der Waals surface area (Å²) in [6.07, 6.45) is 2.87. The third kappa shape index (κ3) is 2.33. The van der Waals surface area contributed by atoms with Crippen LogP contribution in [0, 0.1) is 5.82 Å². The lowest BCUT2D eigenvalue weighted by molar-refractivity contribution is 0.0594. The second kappa shape index (κ2) is 5.12. The minimum atomic E-state index is -0.333. The van der Waals surface area contributed by atoms with Gasteiger partial charge in [0.05, 0.1) is 7.11 Å². The fourth-order valence-electron chi connectivity index (χ4n) is 2.90. The zero-order valence-electron chi connectivity index (χ0n) is 11.3. The molecule has 0 spiro atoms. The minimum Gasteiger partial charge on any atom is -0.464 e. The molecule has 1 heterocycles. The van der Waals surface area contributed by atoms with E-state index in [-0.39, 0.29) is 11.8 Å². The van der Waals surface area contributed by atoms with Crippen LogP contribution in [0.1, 0.15) is 39.6 Å². The average Bonchev–Trinajstić information content (AvgIpc) is 3.02. The molecule has 1 N–H and O–H groups in total.